The molecule has 13 heavy (non-hydrogen) atoms. The Morgan fingerprint density at radius 2 is 2.23 bits per heavy atom. The molecule has 1 heterocycles. The first kappa shape index (κ1) is 10.2. The maximum atomic E-state index is 10.6. The Kier molecular flexibility index (Phi) is 3.02. The van der Waals surface area contributed by atoms with E-state index in [0.717, 1.165) is 11.3 Å². The van der Waals surface area contributed by atoms with E-state index in [1.807, 2.05) is 0 Å². The van der Waals surface area contributed by atoms with Crippen LogP contribution < -0.4 is 0 Å². The van der Waals surface area contributed by atoms with Gasteiger partial charge in [0.1, 0.15) is 4.21 Å². The highest BCUT2D eigenvalue weighted by atomic mass is 32.3. The first-order valence-corrected chi connectivity index (χ1v) is 5.52. The number of thiophene rings is 1. The molecule has 0 fully saturated rings. The predicted octanol–water partition coefficient (Wildman–Crippen LogP) is 0.997. The summed E-state index contributed by atoms with van der Waals surface area (Å²) in [6.45, 7) is 0. The van der Waals surface area contributed by atoms with E-state index < -0.39 is 10.1 Å². The van der Waals surface area contributed by atoms with Gasteiger partial charge in [0.25, 0.3) is 0 Å². The SMILES string of the molecule is O=S(=O)(O)c1ccc(CC=NO)s1. The summed E-state index contributed by atoms with van der Waals surface area (Å²) in [5.74, 6) is 0. The lowest BCUT2D eigenvalue weighted by Gasteiger charge is -1.87. The van der Waals surface area contributed by atoms with Crippen LogP contribution in [0.3, 0.4) is 0 Å². The van der Waals surface area contributed by atoms with Gasteiger partial charge in [-0.05, 0) is 12.1 Å². The molecule has 0 spiro atoms. The Hall–Kier alpha value is -0.920. The molecule has 2 N–H and O–H groups in total. The van der Waals surface area contributed by atoms with E-state index in [4.69, 9.17) is 9.76 Å². The fourth-order valence-corrected chi connectivity index (χ4v) is 2.41. The molecule has 0 aliphatic rings. The normalized spacial score (nSPS) is 12.4. The molecule has 5 nitrogen and oxygen atoms in total. The van der Waals surface area contributed by atoms with Crippen LogP contribution in [0.15, 0.2) is 21.5 Å². The smallest absolute Gasteiger partial charge is 0.304 e. The van der Waals surface area contributed by atoms with Gasteiger partial charge in [-0.2, -0.15) is 8.42 Å². The van der Waals surface area contributed by atoms with Crippen LogP contribution in [0.25, 0.3) is 0 Å². The summed E-state index contributed by atoms with van der Waals surface area (Å²) in [6.07, 6.45) is 1.58. The molecule has 0 aliphatic heterocycles. The van der Waals surface area contributed by atoms with Crippen molar-refractivity contribution in [2.75, 3.05) is 0 Å². The van der Waals surface area contributed by atoms with Gasteiger partial charge in [0.15, 0.2) is 0 Å². The van der Waals surface area contributed by atoms with E-state index in [9.17, 15) is 8.42 Å². The molecule has 0 saturated heterocycles. The van der Waals surface area contributed by atoms with Crippen molar-refractivity contribution in [3.05, 3.63) is 17.0 Å². The van der Waals surface area contributed by atoms with Crippen molar-refractivity contribution < 1.29 is 18.2 Å². The maximum Gasteiger partial charge on any atom is 0.304 e. The van der Waals surface area contributed by atoms with Crippen molar-refractivity contribution in [2.45, 2.75) is 10.6 Å². The molecular weight excluding hydrogens is 214 g/mol. The standard InChI is InChI=1S/C6H7NO4S2/c8-7-4-3-5-1-2-6(12-5)13(9,10)11/h1-2,4,8H,3H2,(H,9,10,11). The molecule has 1 aromatic heterocycles. The second-order valence-electron chi connectivity index (χ2n) is 2.20. The van der Waals surface area contributed by atoms with E-state index in [-0.39, 0.29) is 4.21 Å². The number of rotatable bonds is 3. The highest BCUT2D eigenvalue weighted by Gasteiger charge is 2.11. The summed E-state index contributed by atoms with van der Waals surface area (Å²) in [4.78, 5) is 0.699. The second-order valence-corrected chi connectivity index (χ2v) is 5.01. The van der Waals surface area contributed by atoms with Gasteiger partial charge in [-0.25, -0.2) is 0 Å². The fourth-order valence-electron chi connectivity index (χ4n) is 0.737. The van der Waals surface area contributed by atoms with Crippen molar-refractivity contribution in [2.24, 2.45) is 5.16 Å². The van der Waals surface area contributed by atoms with Crippen LogP contribution in [-0.2, 0) is 16.5 Å². The molecule has 1 aromatic rings. The van der Waals surface area contributed by atoms with Gasteiger partial charge < -0.3 is 5.21 Å². The van der Waals surface area contributed by atoms with Gasteiger partial charge in [0.05, 0.1) is 0 Å². The molecule has 0 amide bonds. The molecule has 0 aliphatic carbocycles. The number of oxime groups is 1. The van der Waals surface area contributed by atoms with Crippen LogP contribution in [0.1, 0.15) is 4.88 Å². The third-order valence-corrected chi connectivity index (χ3v) is 3.69. The van der Waals surface area contributed by atoms with Gasteiger partial charge in [-0.15, -0.1) is 16.5 Å². The summed E-state index contributed by atoms with van der Waals surface area (Å²) in [5, 5.41) is 10.9. The average molecular weight is 221 g/mol. The van der Waals surface area contributed by atoms with E-state index in [0.29, 0.717) is 11.3 Å². The van der Waals surface area contributed by atoms with Crippen molar-refractivity contribution >= 4 is 27.7 Å². The number of hydrogen-bond acceptors (Lipinski definition) is 5. The Labute approximate surface area is 79.1 Å². The lowest BCUT2D eigenvalue weighted by Crippen LogP contribution is -1.93. The van der Waals surface area contributed by atoms with Gasteiger partial charge in [0.2, 0.25) is 0 Å². The van der Waals surface area contributed by atoms with Crippen molar-refractivity contribution in [3.8, 4) is 0 Å². The number of nitrogens with zero attached hydrogens (tertiary/aromatic N) is 1. The Morgan fingerprint density at radius 3 is 2.69 bits per heavy atom. The monoisotopic (exact) mass is 221 g/mol. The van der Waals surface area contributed by atoms with Gasteiger partial charge in [-0.1, -0.05) is 0 Å². The van der Waals surface area contributed by atoms with Crippen molar-refractivity contribution in [3.63, 3.8) is 0 Å². The molecule has 0 radical (unpaired) electrons. The van der Waals surface area contributed by atoms with Crippen molar-refractivity contribution in [1.82, 2.24) is 0 Å². The Balaban J connectivity index is 2.87. The molecule has 0 aromatic carbocycles. The predicted molar refractivity (Wildman–Crippen MR) is 48.1 cm³/mol. The summed E-state index contributed by atoms with van der Waals surface area (Å²) in [7, 11) is -4.10. The molecule has 0 unspecified atom stereocenters. The summed E-state index contributed by atoms with van der Waals surface area (Å²) in [6, 6.07) is 2.86. The lowest BCUT2D eigenvalue weighted by molar-refractivity contribution is 0.321. The summed E-state index contributed by atoms with van der Waals surface area (Å²) >= 11 is 0.939. The van der Waals surface area contributed by atoms with Crippen LogP contribution in [0, 0.1) is 0 Å². The molecule has 72 valence electrons. The molecule has 0 atom stereocenters. The first-order chi connectivity index (χ1) is 6.04. The average Bonchev–Trinajstić information content (AvgIpc) is 2.47. The zero-order valence-corrected chi connectivity index (χ0v) is 8.05. The van der Waals surface area contributed by atoms with E-state index in [2.05, 4.69) is 5.16 Å². The molecule has 1 rings (SSSR count). The van der Waals surface area contributed by atoms with Crippen LogP contribution in [-0.4, -0.2) is 24.4 Å². The topological polar surface area (TPSA) is 87.0 Å². The summed E-state index contributed by atoms with van der Waals surface area (Å²) in [5.41, 5.74) is 0. The fraction of sp³-hybridized carbons (Fsp3) is 0.167. The van der Waals surface area contributed by atoms with Crippen LogP contribution in [0.5, 0.6) is 0 Å². The quantitative estimate of drug-likeness (QED) is 0.345. The minimum atomic E-state index is -4.10. The molecule has 0 saturated carbocycles. The molecular formula is C6H7NO4S2. The van der Waals surface area contributed by atoms with Gasteiger partial charge in [0, 0.05) is 17.5 Å². The van der Waals surface area contributed by atoms with E-state index in [1.165, 1.54) is 12.3 Å². The Morgan fingerprint density at radius 1 is 1.54 bits per heavy atom. The second kappa shape index (κ2) is 3.86. The van der Waals surface area contributed by atoms with Crippen LogP contribution in [0.2, 0.25) is 0 Å². The lowest BCUT2D eigenvalue weighted by atomic mass is 10.4. The van der Waals surface area contributed by atoms with Gasteiger partial charge >= 0.3 is 10.1 Å². The van der Waals surface area contributed by atoms with E-state index in [1.54, 1.807) is 6.07 Å². The molecule has 0 bridgehead atoms. The van der Waals surface area contributed by atoms with Crippen molar-refractivity contribution in [1.29, 1.82) is 0 Å². The minimum absolute atomic E-state index is 0.103. The zero-order chi connectivity index (χ0) is 9.90. The zero-order valence-electron chi connectivity index (χ0n) is 6.41. The van der Waals surface area contributed by atoms with Gasteiger partial charge in [-0.3, -0.25) is 4.55 Å². The first-order valence-electron chi connectivity index (χ1n) is 3.26. The van der Waals surface area contributed by atoms with E-state index >= 15 is 0 Å². The highest BCUT2D eigenvalue weighted by molar-refractivity contribution is 7.88. The maximum absolute atomic E-state index is 10.6. The highest BCUT2D eigenvalue weighted by Crippen LogP contribution is 2.20. The van der Waals surface area contributed by atoms with Crippen LogP contribution in [0.4, 0.5) is 0 Å². The third-order valence-electron chi connectivity index (χ3n) is 1.27. The van der Waals surface area contributed by atoms with Crippen LogP contribution >= 0.6 is 11.3 Å². The summed E-state index contributed by atoms with van der Waals surface area (Å²) < 4.78 is 29.7. The minimum Gasteiger partial charge on any atom is -0.411 e. The number of hydrogen-bond donors (Lipinski definition) is 2. The Bertz CT molecular complexity index is 406. The third kappa shape index (κ3) is 2.79. The molecule has 7 heteroatoms. The largest absolute Gasteiger partial charge is 0.411 e.